The van der Waals surface area contributed by atoms with Crippen molar-refractivity contribution in [2.24, 2.45) is 0 Å². The number of carbonyl (C=O) groups excluding carboxylic acids is 2. The summed E-state index contributed by atoms with van der Waals surface area (Å²) >= 11 is 0. The first kappa shape index (κ1) is 21.0. The fraction of sp³-hybridized carbons (Fsp3) is 0.364. The summed E-state index contributed by atoms with van der Waals surface area (Å²) < 4.78 is 18.7. The number of morpholine rings is 1. The minimum absolute atomic E-state index is 0.152. The van der Waals surface area contributed by atoms with E-state index in [1.54, 1.807) is 12.1 Å². The highest BCUT2D eigenvalue weighted by molar-refractivity contribution is 6.35. The molecule has 2 aromatic rings. The monoisotopic (exact) mass is 399 g/mol. The maximum atomic E-state index is 13.3. The first-order valence-corrected chi connectivity index (χ1v) is 9.80. The lowest BCUT2D eigenvalue weighted by molar-refractivity contribution is -0.139. The molecule has 2 N–H and O–H groups in total. The second-order valence-corrected chi connectivity index (χ2v) is 6.92. The Morgan fingerprint density at radius 2 is 1.62 bits per heavy atom. The van der Waals surface area contributed by atoms with E-state index < -0.39 is 11.8 Å². The summed E-state index contributed by atoms with van der Waals surface area (Å²) in [7, 11) is 0. The summed E-state index contributed by atoms with van der Waals surface area (Å²) in [6.07, 6.45) is 0.659. The maximum Gasteiger partial charge on any atom is 0.309 e. The van der Waals surface area contributed by atoms with Crippen LogP contribution in [-0.2, 0) is 20.7 Å². The molecule has 0 aromatic heterocycles. The quantitative estimate of drug-likeness (QED) is 0.695. The van der Waals surface area contributed by atoms with Gasteiger partial charge in [-0.1, -0.05) is 42.5 Å². The van der Waals surface area contributed by atoms with Crippen LogP contribution in [0.2, 0.25) is 0 Å². The SMILES string of the molecule is O=C(NCCc1ccccc1)C(=O)NC[C@@H](c1ccc(F)cc1)N1CCOCC1. The standard InChI is InChI=1S/C22H26FN3O3/c23-19-8-6-18(7-9-19)20(26-12-14-29-15-13-26)16-25-22(28)21(27)24-11-10-17-4-2-1-3-5-17/h1-9,20H,10-16H2,(H,24,27)(H,25,28)/t20-/m0/s1. The molecule has 7 heteroatoms. The summed E-state index contributed by atoms with van der Waals surface area (Å²) in [5.74, 6) is -1.63. The zero-order valence-corrected chi connectivity index (χ0v) is 16.3. The number of benzene rings is 2. The van der Waals surface area contributed by atoms with Crippen molar-refractivity contribution in [2.45, 2.75) is 12.5 Å². The lowest BCUT2D eigenvalue weighted by atomic mass is 10.0. The normalized spacial score (nSPS) is 15.5. The zero-order chi connectivity index (χ0) is 20.5. The molecular formula is C22H26FN3O3. The Hall–Kier alpha value is -2.77. The molecule has 0 aliphatic carbocycles. The van der Waals surface area contributed by atoms with Crippen LogP contribution in [0.4, 0.5) is 4.39 Å². The van der Waals surface area contributed by atoms with Gasteiger partial charge in [-0.3, -0.25) is 14.5 Å². The van der Waals surface area contributed by atoms with Gasteiger partial charge < -0.3 is 15.4 Å². The number of carbonyl (C=O) groups is 2. The molecule has 3 rings (SSSR count). The highest BCUT2D eigenvalue weighted by atomic mass is 19.1. The molecule has 29 heavy (non-hydrogen) atoms. The molecule has 0 radical (unpaired) electrons. The Balaban J connectivity index is 1.52. The first-order valence-electron chi connectivity index (χ1n) is 9.80. The van der Waals surface area contributed by atoms with Crippen LogP contribution >= 0.6 is 0 Å². The number of amides is 2. The first-order chi connectivity index (χ1) is 14.1. The molecule has 6 nitrogen and oxygen atoms in total. The number of hydrogen-bond donors (Lipinski definition) is 2. The van der Waals surface area contributed by atoms with Crippen LogP contribution in [0.15, 0.2) is 54.6 Å². The molecule has 1 aliphatic rings. The fourth-order valence-electron chi connectivity index (χ4n) is 3.35. The van der Waals surface area contributed by atoms with Gasteiger partial charge >= 0.3 is 11.8 Å². The van der Waals surface area contributed by atoms with Gasteiger partial charge in [-0.2, -0.15) is 0 Å². The third-order valence-corrected chi connectivity index (χ3v) is 4.95. The van der Waals surface area contributed by atoms with Crippen molar-refractivity contribution in [3.8, 4) is 0 Å². The van der Waals surface area contributed by atoms with E-state index in [-0.39, 0.29) is 18.4 Å². The van der Waals surface area contributed by atoms with Gasteiger partial charge in [0.1, 0.15) is 5.82 Å². The van der Waals surface area contributed by atoms with Gasteiger partial charge in [-0.25, -0.2) is 4.39 Å². The molecule has 2 aromatic carbocycles. The van der Waals surface area contributed by atoms with E-state index in [1.165, 1.54) is 12.1 Å². The van der Waals surface area contributed by atoms with E-state index >= 15 is 0 Å². The number of rotatable bonds is 7. The Kier molecular flexibility index (Phi) is 7.72. The summed E-state index contributed by atoms with van der Waals surface area (Å²) in [4.78, 5) is 26.5. The van der Waals surface area contributed by atoms with Crippen molar-refractivity contribution in [2.75, 3.05) is 39.4 Å². The van der Waals surface area contributed by atoms with Crippen molar-refractivity contribution in [1.29, 1.82) is 0 Å². The average Bonchev–Trinajstić information content (AvgIpc) is 2.76. The molecule has 0 saturated carbocycles. The topological polar surface area (TPSA) is 70.7 Å². The van der Waals surface area contributed by atoms with Crippen LogP contribution in [0.1, 0.15) is 17.2 Å². The van der Waals surface area contributed by atoms with Crippen molar-refractivity contribution < 1.29 is 18.7 Å². The van der Waals surface area contributed by atoms with Crippen LogP contribution in [-0.4, -0.2) is 56.1 Å². The molecule has 0 unspecified atom stereocenters. The van der Waals surface area contributed by atoms with Gasteiger partial charge in [0.15, 0.2) is 0 Å². The highest BCUT2D eigenvalue weighted by Crippen LogP contribution is 2.21. The number of nitrogens with zero attached hydrogens (tertiary/aromatic N) is 1. The fourth-order valence-corrected chi connectivity index (χ4v) is 3.35. The van der Waals surface area contributed by atoms with Crippen LogP contribution < -0.4 is 10.6 Å². The molecule has 1 fully saturated rings. The van der Waals surface area contributed by atoms with Crippen LogP contribution in [0.3, 0.4) is 0 Å². The minimum Gasteiger partial charge on any atom is -0.379 e. The second kappa shape index (κ2) is 10.7. The highest BCUT2D eigenvalue weighted by Gasteiger charge is 2.24. The molecule has 0 spiro atoms. The average molecular weight is 399 g/mol. The Bertz CT molecular complexity index is 793. The van der Waals surface area contributed by atoms with Gasteiger partial charge in [0, 0.05) is 26.2 Å². The summed E-state index contributed by atoms with van der Waals surface area (Å²) in [6.45, 7) is 3.28. The second-order valence-electron chi connectivity index (χ2n) is 6.92. The van der Waals surface area contributed by atoms with Gasteiger partial charge in [0.05, 0.1) is 19.3 Å². The van der Waals surface area contributed by atoms with E-state index in [0.29, 0.717) is 39.3 Å². The number of nitrogens with one attached hydrogen (secondary N) is 2. The molecule has 0 bridgehead atoms. The molecule has 1 aliphatic heterocycles. The van der Waals surface area contributed by atoms with Gasteiger partial charge in [-0.15, -0.1) is 0 Å². The molecule has 1 atom stereocenters. The number of halogens is 1. The van der Waals surface area contributed by atoms with Gasteiger partial charge in [0.2, 0.25) is 0 Å². The number of hydrogen-bond acceptors (Lipinski definition) is 4. The lowest BCUT2D eigenvalue weighted by Gasteiger charge is -2.34. The Morgan fingerprint density at radius 3 is 2.31 bits per heavy atom. The van der Waals surface area contributed by atoms with Gasteiger partial charge in [0.25, 0.3) is 0 Å². The van der Waals surface area contributed by atoms with E-state index in [1.807, 2.05) is 30.3 Å². The van der Waals surface area contributed by atoms with Crippen molar-refractivity contribution in [3.05, 3.63) is 71.5 Å². The Labute approximate surface area is 170 Å². The Morgan fingerprint density at radius 1 is 0.966 bits per heavy atom. The van der Waals surface area contributed by atoms with Crippen molar-refractivity contribution in [3.63, 3.8) is 0 Å². The summed E-state index contributed by atoms with van der Waals surface area (Å²) in [6, 6.07) is 15.8. The van der Waals surface area contributed by atoms with Gasteiger partial charge in [-0.05, 0) is 29.7 Å². The molecule has 154 valence electrons. The largest absolute Gasteiger partial charge is 0.379 e. The smallest absolute Gasteiger partial charge is 0.309 e. The van der Waals surface area contributed by atoms with Crippen molar-refractivity contribution >= 4 is 11.8 Å². The van der Waals surface area contributed by atoms with E-state index in [9.17, 15) is 14.0 Å². The molecule has 1 saturated heterocycles. The van der Waals surface area contributed by atoms with E-state index in [4.69, 9.17) is 4.74 Å². The van der Waals surface area contributed by atoms with Crippen LogP contribution in [0.25, 0.3) is 0 Å². The van der Waals surface area contributed by atoms with E-state index in [0.717, 1.165) is 11.1 Å². The molecule has 1 heterocycles. The predicted octanol–water partition coefficient (Wildman–Crippen LogP) is 1.67. The van der Waals surface area contributed by atoms with Crippen LogP contribution in [0, 0.1) is 5.82 Å². The predicted molar refractivity (Wildman–Crippen MR) is 108 cm³/mol. The zero-order valence-electron chi connectivity index (χ0n) is 16.3. The molecular weight excluding hydrogens is 373 g/mol. The molecule has 2 amide bonds. The summed E-state index contributed by atoms with van der Waals surface area (Å²) in [5, 5.41) is 5.36. The minimum atomic E-state index is -0.668. The van der Waals surface area contributed by atoms with Crippen molar-refractivity contribution in [1.82, 2.24) is 15.5 Å². The lowest BCUT2D eigenvalue weighted by Crippen LogP contribution is -2.47. The number of ether oxygens (including phenoxy) is 1. The van der Waals surface area contributed by atoms with E-state index in [2.05, 4.69) is 15.5 Å². The third kappa shape index (κ3) is 6.37. The maximum absolute atomic E-state index is 13.3. The third-order valence-electron chi connectivity index (χ3n) is 4.95. The van der Waals surface area contributed by atoms with Crippen LogP contribution in [0.5, 0.6) is 0 Å². The summed E-state index contributed by atoms with van der Waals surface area (Å²) in [5.41, 5.74) is 1.98.